The molecule has 0 spiro atoms. The predicted molar refractivity (Wildman–Crippen MR) is 84.8 cm³/mol. The van der Waals surface area contributed by atoms with E-state index in [1.807, 2.05) is 17.2 Å². The number of hydrogen-bond acceptors (Lipinski definition) is 5. The molecule has 0 saturated heterocycles. The van der Waals surface area contributed by atoms with E-state index in [0.717, 1.165) is 36.2 Å². The van der Waals surface area contributed by atoms with Crippen LogP contribution in [0.25, 0.3) is 5.95 Å². The maximum Gasteiger partial charge on any atom is 0.435 e. The van der Waals surface area contributed by atoms with E-state index in [4.69, 9.17) is 0 Å². The maximum atomic E-state index is 13.0. The van der Waals surface area contributed by atoms with Crippen molar-refractivity contribution in [2.24, 2.45) is 0 Å². The van der Waals surface area contributed by atoms with Gasteiger partial charge in [-0.1, -0.05) is 0 Å². The smallest absolute Gasteiger partial charge is 0.332 e. The van der Waals surface area contributed by atoms with Gasteiger partial charge < -0.3 is 4.90 Å². The molecule has 3 heterocycles. The van der Waals surface area contributed by atoms with Gasteiger partial charge in [-0.15, -0.1) is 11.8 Å². The van der Waals surface area contributed by atoms with Gasteiger partial charge in [0.15, 0.2) is 5.69 Å². The fraction of sp³-hybridized carbons (Fsp3) is 0.400. The van der Waals surface area contributed by atoms with Crippen LogP contribution < -0.4 is 4.90 Å². The third-order valence-electron chi connectivity index (χ3n) is 4.03. The standard InChI is InChI=1S/C15H14F3N5S/c1-9-7-24-8-22(9)11-5-19-14(20-6-11)23-12(10-2-3-10)4-13(21-23)15(16,17)18/h4-7,10H,2-3,8H2,1H3. The summed E-state index contributed by atoms with van der Waals surface area (Å²) in [5.74, 6) is 1.06. The lowest BCUT2D eigenvalue weighted by molar-refractivity contribution is -0.141. The van der Waals surface area contributed by atoms with Gasteiger partial charge in [-0.25, -0.2) is 14.6 Å². The van der Waals surface area contributed by atoms with Crippen molar-refractivity contribution in [3.8, 4) is 5.95 Å². The third-order valence-corrected chi connectivity index (χ3v) is 4.95. The zero-order valence-electron chi connectivity index (χ0n) is 12.8. The summed E-state index contributed by atoms with van der Waals surface area (Å²) in [6.07, 6.45) is 0.518. The number of halogens is 3. The monoisotopic (exact) mass is 353 g/mol. The molecule has 1 aliphatic carbocycles. The van der Waals surface area contributed by atoms with Crippen LogP contribution >= 0.6 is 11.8 Å². The number of thioether (sulfide) groups is 1. The van der Waals surface area contributed by atoms with E-state index in [2.05, 4.69) is 15.1 Å². The second-order valence-corrected chi connectivity index (χ2v) is 6.69. The highest BCUT2D eigenvalue weighted by molar-refractivity contribution is 8.02. The molecule has 4 rings (SSSR count). The molecule has 24 heavy (non-hydrogen) atoms. The number of alkyl halides is 3. The van der Waals surface area contributed by atoms with Crippen LogP contribution in [0.5, 0.6) is 0 Å². The normalized spacial score (nSPS) is 18.2. The molecule has 0 bridgehead atoms. The van der Waals surface area contributed by atoms with Crippen molar-refractivity contribution in [1.82, 2.24) is 19.7 Å². The second-order valence-electron chi connectivity index (χ2n) is 5.86. The highest BCUT2D eigenvalue weighted by Crippen LogP contribution is 2.42. The molecule has 2 aromatic heterocycles. The SMILES string of the molecule is CC1=CSCN1c1cnc(-n2nc(C(F)(F)F)cc2C2CC2)nc1. The van der Waals surface area contributed by atoms with Crippen molar-refractivity contribution in [1.29, 1.82) is 0 Å². The van der Waals surface area contributed by atoms with E-state index in [9.17, 15) is 13.2 Å². The fourth-order valence-electron chi connectivity index (χ4n) is 2.60. The molecule has 5 nitrogen and oxygen atoms in total. The van der Waals surface area contributed by atoms with Crippen molar-refractivity contribution in [2.75, 3.05) is 10.8 Å². The second kappa shape index (κ2) is 5.51. The van der Waals surface area contributed by atoms with Crippen LogP contribution in [0.4, 0.5) is 18.9 Å². The summed E-state index contributed by atoms with van der Waals surface area (Å²) >= 11 is 1.67. The van der Waals surface area contributed by atoms with Gasteiger partial charge in [0.2, 0.25) is 0 Å². The van der Waals surface area contributed by atoms with Gasteiger partial charge in [0.05, 0.1) is 29.7 Å². The number of anilines is 1. The number of aromatic nitrogens is 4. The topological polar surface area (TPSA) is 46.8 Å². The maximum absolute atomic E-state index is 13.0. The summed E-state index contributed by atoms with van der Waals surface area (Å²) in [5, 5.41) is 5.74. The lowest BCUT2D eigenvalue weighted by atomic mass is 10.2. The molecule has 126 valence electrons. The van der Waals surface area contributed by atoms with Crippen LogP contribution in [0.2, 0.25) is 0 Å². The molecule has 0 atom stereocenters. The van der Waals surface area contributed by atoms with E-state index in [-0.39, 0.29) is 11.9 Å². The Labute approximate surface area is 140 Å². The summed E-state index contributed by atoms with van der Waals surface area (Å²) in [6, 6.07) is 1.11. The Hall–Kier alpha value is -2.03. The molecule has 0 unspecified atom stereocenters. The van der Waals surface area contributed by atoms with Gasteiger partial charge in [0, 0.05) is 11.6 Å². The van der Waals surface area contributed by atoms with Crippen LogP contribution in [0.3, 0.4) is 0 Å². The lowest BCUT2D eigenvalue weighted by Gasteiger charge is -2.18. The zero-order chi connectivity index (χ0) is 16.9. The van der Waals surface area contributed by atoms with E-state index in [0.29, 0.717) is 5.69 Å². The molecule has 0 radical (unpaired) electrons. The van der Waals surface area contributed by atoms with Crippen LogP contribution in [0.15, 0.2) is 29.6 Å². The Morgan fingerprint density at radius 2 is 1.92 bits per heavy atom. The molecule has 1 saturated carbocycles. The van der Waals surface area contributed by atoms with Gasteiger partial charge in [0.25, 0.3) is 5.95 Å². The molecule has 2 aromatic rings. The number of allylic oxidation sites excluding steroid dienone is 1. The van der Waals surface area contributed by atoms with Crippen LogP contribution in [-0.4, -0.2) is 25.6 Å². The van der Waals surface area contributed by atoms with Crippen LogP contribution in [0.1, 0.15) is 37.1 Å². The average molecular weight is 353 g/mol. The Morgan fingerprint density at radius 3 is 2.46 bits per heavy atom. The average Bonchev–Trinajstić information content (AvgIpc) is 3.13. The first-order valence-electron chi connectivity index (χ1n) is 7.49. The van der Waals surface area contributed by atoms with Crippen molar-refractivity contribution >= 4 is 17.4 Å². The van der Waals surface area contributed by atoms with Crippen LogP contribution in [-0.2, 0) is 6.18 Å². The van der Waals surface area contributed by atoms with Crippen LogP contribution in [0, 0.1) is 0 Å². The van der Waals surface area contributed by atoms with E-state index < -0.39 is 11.9 Å². The van der Waals surface area contributed by atoms with Crippen molar-refractivity contribution in [3.05, 3.63) is 41.0 Å². The van der Waals surface area contributed by atoms with Crippen molar-refractivity contribution in [3.63, 3.8) is 0 Å². The first-order valence-corrected chi connectivity index (χ1v) is 8.54. The molecule has 1 aliphatic heterocycles. The van der Waals surface area contributed by atoms with Crippen molar-refractivity contribution in [2.45, 2.75) is 31.9 Å². The molecular formula is C15H14F3N5S. The Balaban J connectivity index is 1.68. The highest BCUT2D eigenvalue weighted by Gasteiger charge is 2.38. The summed E-state index contributed by atoms with van der Waals surface area (Å²) < 4.78 is 40.1. The third kappa shape index (κ3) is 2.77. The van der Waals surface area contributed by atoms with E-state index >= 15 is 0 Å². The van der Waals surface area contributed by atoms with Gasteiger partial charge in [0.1, 0.15) is 0 Å². The van der Waals surface area contributed by atoms with Crippen molar-refractivity contribution < 1.29 is 13.2 Å². The molecule has 1 fully saturated rings. The molecule has 0 amide bonds. The zero-order valence-corrected chi connectivity index (χ0v) is 13.6. The summed E-state index contributed by atoms with van der Waals surface area (Å²) in [7, 11) is 0. The highest BCUT2D eigenvalue weighted by atomic mass is 32.2. The van der Waals surface area contributed by atoms with Gasteiger partial charge in [-0.2, -0.15) is 18.3 Å². The summed E-state index contributed by atoms with van der Waals surface area (Å²) in [4.78, 5) is 10.5. The lowest BCUT2D eigenvalue weighted by Crippen LogP contribution is -2.17. The Kier molecular flexibility index (Phi) is 3.56. The fourth-order valence-corrected chi connectivity index (χ4v) is 3.55. The minimum absolute atomic E-state index is 0.108. The largest absolute Gasteiger partial charge is 0.435 e. The predicted octanol–water partition coefficient (Wildman–Crippen LogP) is 3.93. The summed E-state index contributed by atoms with van der Waals surface area (Å²) in [5.41, 5.74) is 1.54. The van der Waals surface area contributed by atoms with E-state index in [1.165, 1.54) is 4.68 Å². The number of nitrogens with zero attached hydrogens (tertiary/aromatic N) is 5. The molecule has 0 N–H and O–H groups in total. The first-order chi connectivity index (χ1) is 11.4. The molecule has 2 aliphatic rings. The van der Waals surface area contributed by atoms with Gasteiger partial charge in [-0.05, 0) is 31.2 Å². The molecular weight excluding hydrogens is 339 g/mol. The minimum Gasteiger partial charge on any atom is -0.332 e. The molecule has 0 aromatic carbocycles. The Bertz CT molecular complexity index is 792. The minimum atomic E-state index is -4.47. The summed E-state index contributed by atoms with van der Waals surface area (Å²) in [6.45, 7) is 1.99. The quantitative estimate of drug-likeness (QED) is 0.837. The number of hydrogen-bond donors (Lipinski definition) is 0. The Morgan fingerprint density at radius 1 is 1.21 bits per heavy atom. The number of rotatable bonds is 3. The first kappa shape index (κ1) is 15.5. The van der Waals surface area contributed by atoms with Gasteiger partial charge >= 0.3 is 6.18 Å². The van der Waals surface area contributed by atoms with E-state index in [1.54, 1.807) is 24.2 Å². The van der Waals surface area contributed by atoms with Gasteiger partial charge in [-0.3, -0.25) is 0 Å². The molecule has 9 heteroatoms.